The maximum absolute atomic E-state index is 2.44. The lowest BCUT2D eigenvalue weighted by Gasteiger charge is -2.35. The Balaban J connectivity index is 1.83. The Bertz CT molecular complexity index is 1010. The summed E-state index contributed by atoms with van der Waals surface area (Å²) in [5.41, 5.74) is 3.10. The molecule has 2 aliphatic heterocycles. The standard InChI is InChI=1S/C19H16S4/c1-10-4-7-20-14(10)15-11(2)13-17(23-15)16-12(5-8-21-16)18-19(13,3)6-9-22-18/h4-9,13H,1-3H3. The van der Waals surface area contributed by atoms with Crippen molar-refractivity contribution in [3.8, 4) is 0 Å². The maximum atomic E-state index is 2.44. The molecule has 0 amide bonds. The molecule has 2 unspecified atom stereocenters. The van der Waals surface area contributed by atoms with Crippen molar-refractivity contribution < 1.29 is 0 Å². The highest BCUT2D eigenvalue weighted by molar-refractivity contribution is 8.17. The van der Waals surface area contributed by atoms with Crippen molar-refractivity contribution in [1.29, 1.82) is 0 Å². The molecule has 5 rings (SSSR count). The summed E-state index contributed by atoms with van der Waals surface area (Å²) in [5.74, 6) is 0.511. The van der Waals surface area contributed by atoms with Crippen LogP contribution in [0, 0.1) is 18.3 Å². The first-order valence-corrected chi connectivity index (χ1v) is 11.2. The summed E-state index contributed by atoms with van der Waals surface area (Å²) >= 11 is 7.75. The maximum Gasteiger partial charge on any atom is 0.0456 e. The van der Waals surface area contributed by atoms with Gasteiger partial charge in [0, 0.05) is 40.7 Å². The molecule has 2 aromatic rings. The van der Waals surface area contributed by atoms with Gasteiger partial charge in [-0.05, 0) is 53.3 Å². The van der Waals surface area contributed by atoms with Gasteiger partial charge in [-0.25, -0.2) is 0 Å². The molecule has 0 fully saturated rings. The molecule has 0 bridgehead atoms. The van der Waals surface area contributed by atoms with E-state index < -0.39 is 0 Å². The van der Waals surface area contributed by atoms with E-state index in [1.165, 1.54) is 25.1 Å². The Morgan fingerprint density at radius 1 is 1.09 bits per heavy atom. The molecule has 1 aliphatic carbocycles. The summed E-state index contributed by atoms with van der Waals surface area (Å²) in [6, 6.07) is 4.57. The second-order valence-corrected chi connectivity index (χ2v) is 10.3. The molecule has 3 aliphatic rings. The van der Waals surface area contributed by atoms with Gasteiger partial charge >= 0.3 is 0 Å². The van der Waals surface area contributed by atoms with Crippen molar-refractivity contribution in [2.24, 2.45) is 11.3 Å². The van der Waals surface area contributed by atoms with Gasteiger partial charge in [0.25, 0.3) is 0 Å². The van der Waals surface area contributed by atoms with Gasteiger partial charge in [-0.1, -0.05) is 24.8 Å². The third-order valence-electron chi connectivity index (χ3n) is 5.16. The van der Waals surface area contributed by atoms with Crippen LogP contribution in [-0.2, 0) is 0 Å². The van der Waals surface area contributed by atoms with Crippen molar-refractivity contribution in [2.45, 2.75) is 20.8 Å². The molecule has 23 heavy (non-hydrogen) atoms. The van der Waals surface area contributed by atoms with Crippen LogP contribution in [0.4, 0.5) is 0 Å². The van der Waals surface area contributed by atoms with E-state index in [0.29, 0.717) is 5.92 Å². The van der Waals surface area contributed by atoms with Crippen LogP contribution in [0.25, 0.3) is 14.7 Å². The molecule has 0 saturated heterocycles. The number of thioether (sulfide) groups is 2. The molecule has 0 N–H and O–H groups in total. The van der Waals surface area contributed by atoms with Crippen molar-refractivity contribution in [2.75, 3.05) is 0 Å². The zero-order valence-corrected chi connectivity index (χ0v) is 16.4. The van der Waals surface area contributed by atoms with E-state index in [9.17, 15) is 0 Å². The average Bonchev–Trinajstić information content (AvgIpc) is 3.24. The summed E-state index contributed by atoms with van der Waals surface area (Å²) in [6.07, 6.45) is 2.44. The first-order chi connectivity index (χ1) is 11.1. The second-order valence-electron chi connectivity index (χ2n) is 6.54. The summed E-state index contributed by atoms with van der Waals surface area (Å²) < 4.78 is 1.51. The Hall–Kier alpha value is -0.680. The molecular formula is C19H16S4. The number of allylic oxidation sites excluding steroid dienone is 2. The lowest BCUT2D eigenvalue weighted by Crippen LogP contribution is -2.39. The largest absolute Gasteiger partial charge is 0.143 e. The molecule has 0 aromatic carbocycles. The van der Waals surface area contributed by atoms with E-state index in [-0.39, 0.29) is 5.41 Å². The molecule has 2 aromatic heterocycles. The normalized spacial score (nSPS) is 28.4. The summed E-state index contributed by atoms with van der Waals surface area (Å²) in [5, 5.41) is 8.25. The fourth-order valence-electron chi connectivity index (χ4n) is 4.01. The molecule has 2 atom stereocenters. The Morgan fingerprint density at radius 3 is 2.70 bits per heavy atom. The summed E-state index contributed by atoms with van der Waals surface area (Å²) in [7, 11) is 0. The molecule has 4 heteroatoms. The van der Waals surface area contributed by atoms with E-state index in [1.807, 2.05) is 46.2 Å². The zero-order valence-electron chi connectivity index (χ0n) is 13.2. The van der Waals surface area contributed by atoms with E-state index in [0.717, 1.165) is 0 Å². The topological polar surface area (TPSA) is 0 Å². The fraction of sp³-hybridized carbons (Fsp3) is 0.263. The lowest BCUT2D eigenvalue weighted by molar-refractivity contribution is 0.489. The number of hydrogen-bond donors (Lipinski definition) is 0. The van der Waals surface area contributed by atoms with Crippen LogP contribution in [0.5, 0.6) is 0 Å². The second kappa shape index (κ2) is 4.92. The zero-order chi connectivity index (χ0) is 15.8. The fourth-order valence-corrected chi connectivity index (χ4v) is 9.14. The van der Waals surface area contributed by atoms with Crippen molar-refractivity contribution >= 4 is 60.9 Å². The van der Waals surface area contributed by atoms with Crippen LogP contribution in [0.2, 0.25) is 0 Å². The van der Waals surface area contributed by atoms with E-state index >= 15 is 0 Å². The Morgan fingerprint density at radius 2 is 1.91 bits per heavy atom. The van der Waals surface area contributed by atoms with Crippen LogP contribution in [-0.4, -0.2) is 0 Å². The predicted octanol–water partition coefficient (Wildman–Crippen LogP) is 5.41. The van der Waals surface area contributed by atoms with Gasteiger partial charge in [0.15, 0.2) is 0 Å². The van der Waals surface area contributed by atoms with E-state index in [2.05, 4.69) is 55.1 Å². The molecule has 4 heterocycles. The van der Waals surface area contributed by atoms with Crippen LogP contribution < -0.4 is 9.75 Å². The quantitative estimate of drug-likeness (QED) is 0.656. The minimum absolute atomic E-state index is 0.137. The predicted molar refractivity (Wildman–Crippen MR) is 108 cm³/mol. The summed E-state index contributed by atoms with van der Waals surface area (Å²) in [4.78, 5) is 6.09. The van der Waals surface area contributed by atoms with Crippen molar-refractivity contribution in [3.05, 3.63) is 60.1 Å². The van der Waals surface area contributed by atoms with Gasteiger partial charge in [-0.15, -0.1) is 34.4 Å². The highest BCUT2D eigenvalue weighted by Gasteiger charge is 2.48. The minimum Gasteiger partial charge on any atom is -0.143 e. The molecule has 116 valence electrons. The molecule has 0 nitrogen and oxygen atoms in total. The van der Waals surface area contributed by atoms with Gasteiger partial charge in [-0.3, -0.25) is 0 Å². The number of hydrogen-bond acceptors (Lipinski definition) is 4. The van der Waals surface area contributed by atoms with Crippen molar-refractivity contribution in [3.63, 3.8) is 0 Å². The lowest BCUT2D eigenvalue weighted by atomic mass is 9.71. The van der Waals surface area contributed by atoms with Crippen LogP contribution in [0.15, 0.2) is 40.0 Å². The number of thiophene rings is 2. The SMILES string of the molecule is CC1=C(c2sccc2C)SC2=c3sccc3=C3SC=CC3(C)C12. The summed E-state index contributed by atoms with van der Waals surface area (Å²) in [6.45, 7) is 7.02. The Labute approximate surface area is 152 Å². The Kier molecular flexibility index (Phi) is 3.13. The molecule has 0 saturated carbocycles. The smallest absolute Gasteiger partial charge is 0.0456 e. The van der Waals surface area contributed by atoms with E-state index in [1.54, 1.807) is 15.4 Å². The third kappa shape index (κ3) is 1.81. The third-order valence-corrected chi connectivity index (χ3v) is 9.95. The van der Waals surface area contributed by atoms with Gasteiger partial charge in [0.2, 0.25) is 0 Å². The average molecular weight is 373 g/mol. The molecule has 0 radical (unpaired) electrons. The molecule has 0 spiro atoms. The van der Waals surface area contributed by atoms with Gasteiger partial charge in [-0.2, -0.15) is 0 Å². The number of fused-ring (bicyclic) bond motifs is 4. The molecular weight excluding hydrogens is 356 g/mol. The highest BCUT2D eigenvalue weighted by atomic mass is 32.2. The monoisotopic (exact) mass is 372 g/mol. The number of rotatable bonds is 1. The minimum atomic E-state index is 0.137. The highest BCUT2D eigenvalue weighted by Crippen LogP contribution is 2.63. The van der Waals surface area contributed by atoms with Gasteiger partial charge < -0.3 is 0 Å². The van der Waals surface area contributed by atoms with E-state index in [4.69, 9.17) is 0 Å². The van der Waals surface area contributed by atoms with Crippen LogP contribution in [0.1, 0.15) is 24.3 Å². The number of aryl methyl sites for hydroxylation is 1. The van der Waals surface area contributed by atoms with Crippen LogP contribution in [0.3, 0.4) is 0 Å². The first kappa shape index (κ1) is 14.6. The first-order valence-electron chi connectivity index (χ1n) is 7.71. The van der Waals surface area contributed by atoms with Gasteiger partial charge in [0.05, 0.1) is 0 Å². The van der Waals surface area contributed by atoms with Crippen molar-refractivity contribution in [1.82, 2.24) is 0 Å². The van der Waals surface area contributed by atoms with Gasteiger partial charge in [0.1, 0.15) is 0 Å². The van der Waals surface area contributed by atoms with Crippen LogP contribution >= 0.6 is 46.2 Å².